The van der Waals surface area contributed by atoms with E-state index < -0.39 is 36.7 Å². The van der Waals surface area contributed by atoms with Gasteiger partial charge in [-0.3, -0.25) is 9.59 Å². The number of terminal acetylenes is 1. The SMILES string of the molecule is C#Cc1ccc(CC(=O)NCC(O)CCC(CCC(O)C(=O)O)NC(=O)CO)cc1.COCCCCCCO. The number of hydrogen-bond donors (Lipinski definition) is 7. The highest BCUT2D eigenvalue weighted by molar-refractivity contribution is 5.78. The largest absolute Gasteiger partial charge is 0.479 e. The van der Waals surface area contributed by atoms with Crippen molar-refractivity contribution in [3.8, 4) is 12.3 Å². The Kier molecular flexibility index (Phi) is 21.2. The zero-order chi connectivity index (χ0) is 29.5. The van der Waals surface area contributed by atoms with Crippen LogP contribution in [0.3, 0.4) is 0 Å². The first-order chi connectivity index (χ1) is 18.7. The van der Waals surface area contributed by atoms with Crippen molar-refractivity contribution >= 4 is 17.8 Å². The summed E-state index contributed by atoms with van der Waals surface area (Å²) in [5, 5.41) is 50.6. The predicted molar refractivity (Wildman–Crippen MR) is 146 cm³/mol. The van der Waals surface area contributed by atoms with Crippen LogP contribution in [-0.2, 0) is 25.5 Å². The zero-order valence-corrected chi connectivity index (χ0v) is 22.7. The van der Waals surface area contributed by atoms with Crippen molar-refractivity contribution in [2.45, 2.75) is 76.0 Å². The van der Waals surface area contributed by atoms with Crippen LogP contribution in [0.15, 0.2) is 24.3 Å². The molecule has 220 valence electrons. The molecular weight excluding hydrogens is 508 g/mol. The maximum absolute atomic E-state index is 12.0. The van der Waals surface area contributed by atoms with Gasteiger partial charge in [0.15, 0.2) is 6.10 Å². The normalized spacial score (nSPS) is 12.7. The van der Waals surface area contributed by atoms with Gasteiger partial charge in [0.1, 0.15) is 6.61 Å². The lowest BCUT2D eigenvalue weighted by molar-refractivity contribution is -0.147. The minimum Gasteiger partial charge on any atom is -0.479 e. The van der Waals surface area contributed by atoms with Crippen molar-refractivity contribution in [2.24, 2.45) is 0 Å². The molecule has 0 spiro atoms. The van der Waals surface area contributed by atoms with E-state index in [1.807, 2.05) is 0 Å². The number of unbranched alkanes of at least 4 members (excludes halogenated alkanes) is 3. The van der Waals surface area contributed by atoms with Gasteiger partial charge in [0.25, 0.3) is 0 Å². The number of hydrogen-bond acceptors (Lipinski definition) is 8. The van der Waals surface area contributed by atoms with Gasteiger partial charge < -0.3 is 40.9 Å². The number of aliphatic hydroxyl groups excluding tert-OH is 4. The van der Waals surface area contributed by atoms with Crippen LogP contribution in [-0.4, -0.2) is 95.0 Å². The second-order valence-electron chi connectivity index (χ2n) is 9.04. The molecule has 0 bridgehead atoms. The lowest BCUT2D eigenvalue weighted by Crippen LogP contribution is -2.39. The first kappa shape index (κ1) is 36.0. The number of carboxylic acids is 1. The van der Waals surface area contributed by atoms with Crippen LogP contribution >= 0.6 is 0 Å². The summed E-state index contributed by atoms with van der Waals surface area (Å²) in [6.45, 7) is 0.469. The Bertz CT molecular complexity index is 850. The third-order valence-corrected chi connectivity index (χ3v) is 5.71. The molecule has 0 saturated carbocycles. The highest BCUT2D eigenvalue weighted by Gasteiger charge is 2.19. The van der Waals surface area contributed by atoms with E-state index in [4.69, 9.17) is 26.5 Å². The topological polar surface area (TPSA) is 186 Å². The zero-order valence-electron chi connectivity index (χ0n) is 22.7. The molecule has 7 N–H and O–H groups in total. The van der Waals surface area contributed by atoms with Crippen molar-refractivity contribution in [1.29, 1.82) is 0 Å². The Morgan fingerprint density at radius 2 is 1.59 bits per heavy atom. The molecule has 1 aromatic carbocycles. The van der Waals surface area contributed by atoms with Crippen LogP contribution in [0.5, 0.6) is 0 Å². The molecule has 1 aromatic rings. The summed E-state index contributed by atoms with van der Waals surface area (Å²) < 4.78 is 4.86. The van der Waals surface area contributed by atoms with E-state index in [1.165, 1.54) is 6.42 Å². The van der Waals surface area contributed by atoms with E-state index in [0.29, 0.717) is 12.2 Å². The minimum atomic E-state index is -1.56. The molecule has 0 saturated heterocycles. The maximum atomic E-state index is 12.0. The van der Waals surface area contributed by atoms with Gasteiger partial charge in [0.05, 0.1) is 12.5 Å². The number of benzene rings is 1. The van der Waals surface area contributed by atoms with Crippen molar-refractivity contribution < 1.29 is 44.7 Å². The summed E-state index contributed by atoms with van der Waals surface area (Å²) in [6.07, 6.45) is 7.91. The van der Waals surface area contributed by atoms with E-state index in [9.17, 15) is 24.6 Å². The van der Waals surface area contributed by atoms with E-state index in [1.54, 1.807) is 31.4 Å². The number of aliphatic carboxylic acids is 1. The van der Waals surface area contributed by atoms with Crippen LogP contribution in [0.2, 0.25) is 0 Å². The summed E-state index contributed by atoms with van der Waals surface area (Å²) >= 11 is 0. The van der Waals surface area contributed by atoms with Crippen LogP contribution in [0.25, 0.3) is 0 Å². The molecule has 0 heterocycles. The Balaban J connectivity index is 0.00000137. The van der Waals surface area contributed by atoms with Gasteiger partial charge in [-0.15, -0.1) is 6.42 Å². The highest BCUT2D eigenvalue weighted by atomic mass is 16.5. The van der Waals surface area contributed by atoms with Crippen LogP contribution < -0.4 is 10.6 Å². The molecule has 0 aliphatic rings. The highest BCUT2D eigenvalue weighted by Crippen LogP contribution is 2.10. The summed E-state index contributed by atoms with van der Waals surface area (Å²) in [5.41, 5.74) is 1.50. The molecular formula is C28H44N2O9. The fourth-order valence-corrected chi connectivity index (χ4v) is 3.45. The summed E-state index contributed by atoms with van der Waals surface area (Å²) in [5.74, 6) is 0.226. The Labute approximate surface area is 230 Å². The number of carbonyl (C=O) groups is 3. The van der Waals surface area contributed by atoms with Crippen molar-refractivity contribution in [3.05, 3.63) is 35.4 Å². The number of carbonyl (C=O) groups excluding carboxylic acids is 2. The van der Waals surface area contributed by atoms with Gasteiger partial charge in [0, 0.05) is 38.5 Å². The summed E-state index contributed by atoms with van der Waals surface area (Å²) in [4.78, 5) is 34.1. The molecule has 11 nitrogen and oxygen atoms in total. The molecule has 0 aliphatic heterocycles. The number of methoxy groups -OCH3 is 1. The number of carboxylic acid groups (broad SMARTS) is 1. The second kappa shape index (κ2) is 22.9. The third kappa shape index (κ3) is 19.7. The van der Waals surface area contributed by atoms with Crippen LogP contribution in [0, 0.1) is 12.3 Å². The molecule has 0 aromatic heterocycles. The predicted octanol–water partition coefficient (Wildman–Crippen LogP) is 0.356. The lowest BCUT2D eigenvalue weighted by Gasteiger charge is -2.21. The summed E-state index contributed by atoms with van der Waals surface area (Å²) in [7, 11) is 1.71. The quantitative estimate of drug-likeness (QED) is 0.0940. The molecule has 1 rings (SSSR count). The fraction of sp³-hybridized carbons (Fsp3) is 0.607. The van der Waals surface area contributed by atoms with E-state index in [2.05, 4.69) is 16.6 Å². The van der Waals surface area contributed by atoms with E-state index >= 15 is 0 Å². The molecule has 0 aliphatic carbocycles. The second-order valence-corrected chi connectivity index (χ2v) is 9.04. The van der Waals surface area contributed by atoms with Crippen molar-refractivity contribution in [1.82, 2.24) is 10.6 Å². The van der Waals surface area contributed by atoms with Gasteiger partial charge >= 0.3 is 5.97 Å². The number of aliphatic hydroxyl groups is 4. The van der Waals surface area contributed by atoms with E-state index in [0.717, 1.165) is 31.4 Å². The van der Waals surface area contributed by atoms with Gasteiger partial charge in [-0.2, -0.15) is 0 Å². The number of amides is 2. The lowest BCUT2D eigenvalue weighted by atomic mass is 10.0. The van der Waals surface area contributed by atoms with Gasteiger partial charge in [0.2, 0.25) is 11.8 Å². The molecule has 39 heavy (non-hydrogen) atoms. The first-order valence-electron chi connectivity index (χ1n) is 13.1. The number of rotatable bonds is 19. The smallest absolute Gasteiger partial charge is 0.332 e. The maximum Gasteiger partial charge on any atom is 0.332 e. The van der Waals surface area contributed by atoms with Gasteiger partial charge in [-0.25, -0.2) is 4.79 Å². The van der Waals surface area contributed by atoms with Crippen molar-refractivity contribution in [2.75, 3.05) is 33.5 Å². The average molecular weight is 553 g/mol. The summed E-state index contributed by atoms with van der Waals surface area (Å²) in [6, 6.07) is 6.45. The number of nitrogens with one attached hydrogen (secondary N) is 2. The minimum absolute atomic E-state index is 0.0136. The fourth-order valence-electron chi connectivity index (χ4n) is 3.45. The Hall–Kier alpha value is -3.01. The number of ether oxygens (including phenoxy) is 1. The first-order valence-corrected chi connectivity index (χ1v) is 13.1. The standard InChI is InChI=1S/C21H28N2O7.C7H16O2/c1-2-14-3-5-15(6-4-14)11-19(27)22-12-17(25)9-7-16(23-20(28)13-24)8-10-18(26)21(29)30;1-9-7-5-3-2-4-6-8/h1,3-6,16-18,24-26H,7-13H2,(H,22,27)(H,23,28)(H,29,30);8H,2-7H2,1H3. The van der Waals surface area contributed by atoms with Crippen LogP contribution in [0.1, 0.15) is 62.5 Å². The Morgan fingerprint density at radius 1 is 0.949 bits per heavy atom. The monoisotopic (exact) mass is 552 g/mol. The molecule has 0 radical (unpaired) electrons. The van der Waals surface area contributed by atoms with Crippen LogP contribution in [0.4, 0.5) is 0 Å². The van der Waals surface area contributed by atoms with Crippen molar-refractivity contribution in [3.63, 3.8) is 0 Å². The molecule has 3 unspecified atom stereocenters. The Morgan fingerprint density at radius 3 is 2.15 bits per heavy atom. The molecule has 11 heteroatoms. The van der Waals surface area contributed by atoms with E-state index in [-0.39, 0.29) is 44.6 Å². The molecule has 2 amide bonds. The van der Waals surface area contributed by atoms with Gasteiger partial charge in [-0.1, -0.05) is 30.9 Å². The average Bonchev–Trinajstić information content (AvgIpc) is 2.93. The molecule has 0 fully saturated rings. The van der Waals surface area contributed by atoms with Gasteiger partial charge in [-0.05, 0) is 56.2 Å². The third-order valence-electron chi connectivity index (χ3n) is 5.71. The molecule has 3 atom stereocenters.